The van der Waals surface area contributed by atoms with Gasteiger partial charge in [-0.25, -0.2) is 17.9 Å². The summed E-state index contributed by atoms with van der Waals surface area (Å²) in [7, 11) is -2.43. The molecule has 2 aromatic heterocycles. The maximum absolute atomic E-state index is 11.9. The number of rotatable bonds is 7. The van der Waals surface area contributed by atoms with Gasteiger partial charge >= 0.3 is 5.97 Å². The molecule has 1 amide bonds. The zero-order chi connectivity index (χ0) is 17.7. The van der Waals surface area contributed by atoms with Crippen LogP contribution in [0.15, 0.2) is 32.2 Å². The molecule has 24 heavy (non-hydrogen) atoms. The fourth-order valence-electron chi connectivity index (χ4n) is 1.84. The largest absolute Gasteiger partial charge is 0.465 e. The van der Waals surface area contributed by atoms with Crippen molar-refractivity contribution in [3.63, 3.8) is 0 Å². The van der Waals surface area contributed by atoms with Crippen molar-refractivity contribution in [2.45, 2.75) is 17.7 Å². The van der Waals surface area contributed by atoms with Gasteiger partial charge in [0.15, 0.2) is 0 Å². The van der Waals surface area contributed by atoms with E-state index in [1.165, 1.54) is 19.2 Å². The summed E-state index contributed by atoms with van der Waals surface area (Å²) in [5, 5.41) is 4.14. The van der Waals surface area contributed by atoms with E-state index >= 15 is 0 Å². The lowest BCUT2D eigenvalue weighted by molar-refractivity contribution is -0.120. The van der Waals surface area contributed by atoms with E-state index in [1.807, 2.05) is 0 Å². The molecule has 0 unspecified atom stereocenters. The van der Waals surface area contributed by atoms with Crippen LogP contribution in [0.2, 0.25) is 0 Å². The van der Waals surface area contributed by atoms with Crippen LogP contribution >= 0.6 is 11.3 Å². The lowest BCUT2D eigenvalue weighted by Crippen LogP contribution is -2.36. The van der Waals surface area contributed by atoms with Crippen LogP contribution in [0.3, 0.4) is 0 Å². The van der Waals surface area contributed by atoms with Crippen molar-refractivity contribution >= 4 is 33.2 Å². The molecule has 0 aliphatic carbocycles. The third-order valence-corrected chi connectivity index (χ3v) is 5.82. The van der Waals surface area contributed by atoms with Crippen LogP contribution in [0.4, 0.5) is 0 Å². The number of carbonyl (C=O) groups is 2. The molecule has 0 atom stereocenters. The molecule has 2 aromatic rings. The standard InChI is InChI=1S/C14H16N2O6S2/c1-9-11(14(18)21-2)6-10(22-9)7-15-12(17)8-16-24(19,20)13-4-3-5-23-13/h3-6,16H,7-8H2,1-2H3,(H,15,17). The summed E-state index contributed by atoms with van der Waals surface area (Å²) >= 11 is 1.06. The Hall–Kier alpha value is -2.17. The molecule has 0 saturated heterocycles. The average molecular weight is 372 g/mol. The molecule has 2 rings (SSSR count). The van der Waals surface area contributed by atoms with E-state index in [0.29, 0.717) is 11.5 Å². The second-order valence-corrected chi connectivity index (χ2v) is 7.65. The van der Waals surface area contributed by atoms with Crippen molar-refractivity contribution < 1.29 is 27.2 Å². The van der Waals surface area contributed by atoms with Gasteiger partial charge in [-0.05, 0) is 24.4 Å². The Morgan fingerprint density at radius 3 is 2.75 bits per heavy atom. The summed E-state index contributed by atoms with van der Waals surface area (Å²) in [4.78, 5) is 23.2. The molecule has 8 nitrogen and oxygen atoms in total. The second kappa shape index (κ2) is 7.60. The Bertz CT molecular complexity index is 824. The molecule has 0 aliphatic rings. The molecular weight excluding hydrogens is 356 g/mol. The van der Waals surface area contributed by atoms with Gasteiger partial charge in [-0.3, -0.25) is 4.79 Å². The molecule has 0 aromatic carbocycles. The van der Waals surface area contributed by atoms with Crippen molar-refractivity contribution in [3.05, 3.63) is 40.7 Å². The summed E-state index contributed by atoms with van der Waals surface area (Å²) in [5.74, 6) is -0.312. The van der Waals surface area contributed by atoms with Gasteiger partial charge in [-0.2, -0.15) is 0 Å². The number of methoxy groups -OCH3 is 1. The number of furan rings is 1. The average Bonchev–Trinajstić information content (AvgIpc) is 3.20. The smallest absolute Gasteiger partial charge is 0.341 e. The Balaban J connectivity index is 1.87. The number of esters is 1. The molecular formula is C14H16N2O6S2. The van der Waals surface area contributed by atoms with Crippen molar-refractivity contribution in [1.29, 1.82) is 0 Å². The summed E-state index contributed by atoms with van der Waals surface area (Å²) in [6, 6.07) is 4.53. The normalized spacial score (nSPS) is 11.2. The lowest BCUT2D eigenvalue weighted by Gasteiger charge is -2.05. The molecule has 2 N–H and O–H groups in total. The summed E-state index contributed by atoms with van der Waals surface area (Å²) in [6.45, 7) is 1.23. The first-order chi connectivity index (χ1) is 11.3. The van der Waals surface area contributed by atoms with Crippen molar-refractivity contribution in [1.82, 2.24) is 10.0 Å². The van der Waals surface area contributed by atoms with E-state index in [4.69, 9.17) is 4.42 Å². The number of carbonyl (C=O) groups excluding carboxylic acids is 2. The number of amides is 1. The Morgan fingerprint density at radius 1 is 1.38 bits per heavy atom. The van der Waals surface area contributed by atoms with Gasteiger partial charge in [0, 0.05) is 0 Å². The van der Waals surface area contributed by atoms with Crippen LogP contribution in [0.5, 0.6) is 0 Å². The number of nitrogens with one attached hydrogen (secondary N) is 2. The zero-order valence-corrected chi connectivity index (χ0v) is 14.6. The monoisotopic (exact) mass is 372 g/mol. The number of thiophene rings is 1. The van der Waals surface area contributed by atoms with Crippen LogP contribution in [-0.2, 0) is 26.1 Å². The third kappa shape index (κ3) is 4.43. The molecule has 0 spiro atoms. The van der Waals surface area contributed by atoms with Crippen LogP contribution in [-0.4, -0.2) is 33.9 Å². The van der Waals surface area contributed by atoms with Crippen molar-refractivity contribution in [2.24, 2.45) is 0 Å². The van der Waals surface area contributed by atoms with Gasteiger partial charge in [0.1, 0.15) is 21.3 Å². The second-order valence-electron chi connectivity index (χ2n) is 4.71. The number of hydrogen-bond acceptors (Lipinski definition) is 7. The molecule has 0 fully saturated rings. The van der Waals surface area contributed by atoms with Gasteiger partial charge in [0.2, 0.25) is 5.91 Å². The van der Waals surface area contributed by atoms with Crippen molar-refractivity contribution in [2.75, 3.05) is 13.7 Å². The number of ether oxygens (including phenoxy) is 1. The Morgan fingerprint density at radius 2 is 2.12 bits per heavy atom. The predicted molar refractivity (Wildman–Crippen MR) is 86.1 cm³/mol. The SMILES string of the molecule is COC(=O)c1cc(CNC(=O)CNS(=O)(=O)c2cccs2)oc1C. The first-order valence-electron chi connectivity index (χ1n) is 6.81. The molecule has 130 valence electrons. The van der Waals surface area contributed by atoms with Gasteiger partial charge in [-0.1, -0.05) is 6.07 Å². The molecule has 0 aliphatic heterocycles. The van der Waals surface area contributed by atoms with Crippen LogP contribution in [0.1, 0.15) is 21.9 Å². The summed E-state index contributed by atoms with van der Waals surface area (Å²) in [6.07, 6.45) is 0. The molecule has 0 radical (unpaired) electrons. The highest BCUT2D eigenvalue weighted by Gasteiger charge is 2.18. The molecule has 2 heterocycles. The van der Waals surface area contributed by atoms with Crippen LogP contribution < -0.4 is 10.0 Å². The van der Waals surface area contributed by atoms with E-state index in [0.717, 1.165) is 11.3 Å². The predicted octanol–water partition coefficient (Wildman–Crippen LogP) is 1.03. The number of aryl methyl sites for hydroxylation is 1. The maximum atomic E-state index is 11.9. The highest BCUT2D eigenvalue weighted by Crippen LogP contribution is 2.16. The minimum Gasteiger partial charge on any atom is -0.465 e. The first kappa shape index (κ1) is 18.2. The molecule has 0 saturated carbocycles. The Labute approximate surface area is 142 Å². The molecule has 0 bridgehead atoms. The minimum atomic E-state index is -3.69. The van der Waals surface area contributed by atoms with E-state index in [9.17, 15) is 18.0 Å². The van der Waals surface area contributed by atoms with Gasteiger partial charge in [0.05, 0.1) is 20.2 Å². The van der Waals surface area contributed by atoms with E-state index < -0.39 is 28.4 Å². The minimum absolute atomic E-state index is 0.0252. The third-order valence-electron chi connectivity index (χ3n) is 3.02. The number of sulfonamides is 1. The van der Waals surface area contributed by atoms with Gasteiger partial charge < -0.3 is 14.5 Å². The Kier molecular flexibility index (Phi) is 5.75. The highest BCUT2D eigenvalue weighted by atomic mass is 32.2. The van der Waals surface area contributed by atoms with E-state index in [-0.39, 0.29) is 16.3 Å². The van der Waals surface area contributed by atoms with Crippen molar-refractivity contribution in [3.8, 4) is 0 Å². The zero-order valence-electron chi connectivity index (χ0n) is 13.0. The van der Waals surface area contributed by atoms with Gasteiger partial charge in [0.25, 0.3) is 10.0 Å². The van der Waals surface area contributed by atoms with Crippen LogP contribution in [0, 0.1) is 6.92 Å². The lowest BCUT2D eigenvalue weighted by atomic mass is 10.2. The maximum Gasteiger partial charge on any atom is 0.341 e. The first-order valence-corrected chi connectivity index (χ1v) is 9.17. The fraction of sp³-hybridized carbons (Fsp3) is 0.286. The quantitative estimate of drug-likeness (QED) is 0.702. The van der Waals surface area contributed by atoms with E-state index in [2.05, 4.69) is 14.8 Å². The number of hydrogen-bond donors (Lipinski definition) is 2. The highest BCUT2D eigenvalue weighted by molar-refractivity contribution is 7.91. The van der Waals surface area contributed by atoms with Gasteiger partial charge in [-0.15, -0.1) is 11.3 Å². The molecule has 10 heteroatoms. The van der Waals surface area contributed by atoms with Crippen LogP contribution in [0.25, 0.3) is 0 Å². The fourth-order valence-corrected chi connectivity index (χ4v) is 3.86. The topological polar surface area (TPSA) is 115 Å². The van der Waals surface area contributed by atoms with E-state index in [1.54, 1.807) is 18.4 Å². The summed E-state index contributed by atoms with van der Waals surface area (Å²) < 4.78 is 36.0. The summed E-state index contributed by atoms with van der Waals surface area (Å²) in [5.41, 5.74) is 0.278.